The molecule has 0 saturated carbocycles. The van der Waals surface area contributed by atoms with Gasteiger partial charge in [-0.1, -0.05) is 53.7 Å². The number of hydrogen-bond donors (Lipinski definition) is 1. The first-order valence-electron chi connectivity index (χ1n) is 9.27. The highest BCUT2D eigenvalue weighted by molar-refractivity contribution is 5.95. The summed E-state index contributed by atoms with van der Waals surface area (Å²) in [4.78, 5) is 26.0. The molecule has 7 nitrogen and oxygen atoms in total. The number of hydrogen-bond acceptors (Lipinski definition) is 5. The van der Waals surface area contributed by atoms with Gasteiger partial charge in [0.25, 0.3) is 5.91 Å². The van der Waals surface area contributed by atoms with E-state index >= 15 is 0 Å². The molecule has 0 unspecified atom stereocenters. The molecule has 0 aliphatic rings. The van der Waals surface area contributed by atoms with Gasteiger partial charge in [-0.05, 0) is 18.6 Å². The van der Waals surface area contributed by atoms with Gasteiger partial charge in [-0.3, -0.25) is 9.59 Å². The lowest BCUT2D eigenvalue weighted by atomic mass is 10.1. The number of rotatable bonds is 8. The predicted molar refractivity (Wildman–Crippen MR) is 109 cm³/mol. The second kappa shape index (κ2) is 9.54. The van der Waals surface area contributed by atoms with Gasteiger partial charge in [0.2, 0.25) is 5.91 Å². The second-order valence-corrected chi connectivity index (χ2v) is 6.55. The van der Waals surface area contributed by atoms with E-state index in [1.54, 1.807) is 13.1 Å². The lowest BCUT2D eigenvalue weighted by Crippen LogP contribution is -2.39. The molecule has 1 aromatic heterocycles. The van der Waals surface area contributed by atoms with Crippen molar-refractivity contribution in [3.05, 3.63) is 71.9 Å². The van der Waals surface area contributed by atoms with Gasteiger partial charge in [0.05, 0.1) is 13.1 Å². The van der Waals surface area contributed by atoms with E-state index in [0.717, 1.165) is 16.9 Å². The van der Waals surface area contributed by atoms with Crippen molar-refractivity contribution in [1.29, 1.82) is 0 Å². The Morgan fingerprint density at radius 2 is 1.83 bits per heavy atom. The standard InChI is InChI=1S/C22H23N3O4/c1-16-8-6-7-11-19(16)28-13-12-25(2)21(26)15-23-22(27)18-14-20(29-24-18)17-9-4-3-5-10-17/h3-11,14H,12-13,15H2,1-2H3,(H,23,27). The van der Waals surface area contributed by atoms with Crippen molar-refractivity contribution in [2.24, 2.45) is 0 Å². The number of aryl methyl sites for hydroxylation is 1. The Morgan fingerprint density at radius 1 is 1.10 bits per heavy atom. The minimum Gasteiger partial charge on any atom is -0.491 e. The zero-order valence-electron chi connectivity index (χ0n) is 16.4. The Kier molecular flexibility index (Phi) is 6.63. The van der Waals surface area contributed by atoms with Crippen LogP contribution in [-0.4, -0.2) is 48.6 Å². The molecular weight excluding hydrogens is 370 g/mol. The molecule has 1 N–H and O–H groups in total. The number of benzene rings is 2. The molecule has 2 amide bonds. The van der Waals surface area contributed by atoms with Gasteiger partial charge in [0, 0.05) is 18.7 Å². The molecule has 7 heteroatoms. The van der Waals surface area contributed by atoms with E-state index in [1.165, 1.54) is 4.90 Å². The quantitative estimate of drug-likeness (QED) is 0.636. The van der Waals surface area contributed by atoms with E-state index in [1.807, 2.05) is 61.5 Å². The number of carbonyl (C=O) groups excluding carboxylic acids is 2. The van der Waals surface area contributed by atoms with Gasteiger partial charge in [-0.2, -0.15) is 0 Å². The van der Waals surface area contributed by atoms with Gasteiger partial charge < -0.3 is 19.5 Å². The third kappa shape index (κ3) is 5.44. The van der Waals surface area contributed by atoms with Crippen LogP contribution < -0.4 is 10.1 Å². The van der Waals surface area contributed by atoms with Crippen LogP contribution in [0.25, 0.3) is 11.3 Å². The highest BCUT2D eigenvalue weighted by Crippen LogP contribution is 2.19. The number of amides is 2. The zero-order chi connectivity index (χ0) is 20.6. The highest BCUT2D eigenvalue weighted by Gasteiger charge is 2.16. The first kappa shape index (κ1) is 20.1. The largest absolute Gasteiger partial charge is 0.491 e. The smallest absolute Gasteiger partial charge is 0.273 e. The maximum atomic E-state index is 12.2. The first-order valence-corrected chi connectivity index (χ1v) is 9.27. The molecule has 3 rings (SSSR count). The monoisotopic (exact) mass is 393 g/mol. The SMILES string of the molecule is Cc1ccccc1OCCN(C)C(=O)CNC(=O)c1cc(-c2ccccc2)on1. The van der Waals surface area contributed by atoms with Gasteiger partial charge in [-0.25, -0.2) is 0 Å². The van der Waals surface area contributed by atoms with Crippen LogP contribution in [0.15, 0.2) is 65.2 Å². The fourth-order valence-electron chi connectivity index (χ4n) is 2.64. The molecule has 0 atom stereocenters. The van der Waals surface area contributed by atoms with Gasteiger partial charge in [-0.15, -0.1) is 0 Å². The molecule has 0 spiro atoms. The Hall–Kier alpha value is -3.61. The summed E-state index contributed by atoms with van der Waals surface area (Å²) in [5, 5.41) is 6.34. The minimum atomic E-state index is -0.464. The molecule has 1 heterocycles. The Labute approximate surface area is 169 Å². The van der Waals surface area contributed by atoms with Crippen molar-refractivity contribution in [2.45, 2.75) is 6.92 Å². The molecular formula is C22H23N3O4. The summed E-state index contributed by atoms with van der Waals surface area (Å²) in [6, 6.07) is 18.6. The Balaban J connectivity index is 1.44. The second-order valence-electron chi connectivity index (χ2n) is 6.55. The van der Waals surface area contributed by atoms with Crippen molar-refractivity contribution in [3.8, 4) is 17.1 Å². The zero-order valence-corrected chi connectivity index (χ0v) is 16.4. The van der Waals surface area contributed by atoms with Crippen LogP contribution >= 0.6 is 0 Å². The molecule has 0 saturated heterocycles. The van der Waals surface area contributed by atoms with E-state index in [4.69, 9.17) is 9.26 Å². The van der Waals surface area contributed by atoms with Crippen molar-refractivity contribution >= 4 is 11.8 Å². The summed E-state index contributed by atoms with van der Waals surface area (Å²) in [5.74, 6) is 0.599. The third-order valence-corrected chi connectivity index (χ3v) is 4.40. The van der Waals surface area contributed by atoms with Gasteiger partial charge in [0.15, 0.2) is 11.5 Å². The van der Waals surface area contributed by atoms with Crippen molar-refractivity contribution in [3.63, 3.8) is 0 Å². The first-order chi connectivity index (χ1) is 14.0. The van der Waals surface area contributed by atoms with Crippen LogP contribution in [0, 0.1) is 6.92 Å². The molecule has 0 radical (unpaired) electrons. The summed E-state index contributed by atoms with van der Waals surface area (Å²) >= 11 is 0. The number of para-hydroxylation sites is 1. The Bertz CT molecular complexity index is 969. The summed E-state index contributed by atoms with van der Waals surface area (Å²) in [6.45, 7) is 2.61. The molecule has 0 bridgehead atoms. The molecule has 0 aliphatic carbocycles. The third-order valence-electron chi connectivity index (χ3n) is 4.40. The van der Waals surface area contributed by atoms with Gasteiger partial charge >= 0.3 is 0 Å². The summed E-state index contributed by atoms with van der Waals surface area (Å²) < 4.78 is 10.9. The molecule has 0 fully saturated rings. The van der Waals surface area contributed by atoms with Crippen LogP contribution in [0.5, 0.6) is 5.75 Å². The average molecular weight is 393 g/mol. The summed E-state index contributed by atoms with van der Waals surface area (Å²) in [6.07, 6.45) is 0. The minimum absolute atomic E-state index is 0.127. The average Bonchev–Trinajstić information content (AvgIpc) is 3.24. The Morgan fingerprint density at radius 3 is 2.59 bits per heavy atom. The number of ether oxygens (including phenoxy) is 1. The lowest BCUT2D eigenvalue weighted by Gasteiger charge is -2.18. The van der Waals surface area contributed by atoms with Crippen molar-refractivity contribution in [2.75, 3.05) is 26.7 Å². The van der Waals surface area contributed by atoms with E-state index in [0.29, 0.717) is 18.9 Å². The maximum absolute atomic E-state index is 12.2. The van der Waals surface area contributed by atoms with Gasteiger partial charge in [0.1, 0.15) is 12.4 Å². The number of aromatic nitrogens is 1. The van der Waals surface area contributed by atoms with Crippen LogP contribution in [0.2, 0.25) is 0 Å². The highest BCUT2D eigenvalue weighted by atomic mass is 16.5. The van der Waals surface area contributed by atoms with E-state index in [-0.39, 0.29) is 18.1 Å². The van der Waals surface area contributed by atoms with Crippen LogP contribution in [0.4, 0.5) is 0 Å². The van der Waals surface area contributed by atoms with E-state index < -0.39 is 5.91 Å². The normalized spacial score (nSPS) is 10.4. The summed E-state index contributed by atoms with van der Waals surface area (Å²) in [5.41, 5.74) is 1.99. The molecule has 3 aromatic rings. The van der Waals surface area contributed by atoms with E-state index in [2.05, 4.69) is 10.5 Å². The number of carbonyl (C=O) groups is 2. The summed E-state index contributed by atoms with van der Waals surface area (Å²) in [7, 11) is 1.67. The fourth-order valence-corrected chi connectivity index (χ4v) is 2.64. The fraction of sp³-hybridized carbons (Fsp3) is 0.227. The predicted octanol–water partition coefficient (Wildman–Crippen LogP) is 2.92. The molecule has 0 aliphatic heterocycles. The molecule has 150 valence electrons. The molecule has 2 aromatic carbocycles. The number of nitrogens with zero attached hydrogens (tertiary/aromatic N) is 2. The number of likely N-dealkylation sites (N-methyl/N-ethyl adjacent to an activating group) is 1. The van der Waals surface area contributed by atoms with Crippen LogP contribution in [-0.2, 0) is 4.79 Å². The lowest BCUT2D eigenvalue weighted by molar-refractivity contribution is -0.129. The van der Waals surface area contributed by atoms with Crippen molar-refractivity contribution in [1.82, 2.24) is 15.4 Å². The maximum Gasteiger partial charge on any atom is 0.273 e. The van der Waals surface area contributed by atoms with E-state index in [9.17, 15) is 9.59 Å². The topological polar surface area (TPSA) is 84.7 Å². The number of nitrogens with one attached hydrogen (secondary N) is 1. The van der Waals surface area contributed by atoms with Crippen molar-refractivity contribution < 1.29 is 18.8 Å². The molecule has 29 heavy (non-hydrogen) atoms. The van der Waals surface area contributed by atoms with Crippen LogP contribution in [0.3, 0.4) is 0 Å². The van der Waals surface area contributed by atoms with Crippen LogP contribution in [0.1, 0.15) is 16.1 Å².